The molecule has 1 aromatic heterocycles. The number of nitrogens with zero attached hydrogens (tertiary/aromatic N) is 2. The Kier molecular flexibility index (Phi) is 4.08. The number of nitrogens with one attached hydrogen (secondary N) is 1. The zero-order valence-electron chi connectivity index (χ0n) is 9.76. The second-order valence-electron chi connectivity index (χ2n) is 3.95. The van der Waals surface area contributed by atoms with Crippen LogP contribution in [0.4, 0.5) is 5.13 Å². The van der Waals surface area contributed by atoms with E-state index in [2.05, 4.69) is 46.6 Å². The highest BCUT2D eigenvalue weighted by molar-refractivity contribution is 7.13. The first kappa shape index (κ1) is 12.0. The van der Waals surface area contributed by atoms with Gasteiger partial charge in [-0.05, 0) is 12.6 Å². The predicted octanol–water partition coefficient (Wildman–Crippen LogP) is 2.06. The first-order chi connectivity index (χ1) is 8.28. The number of nitrogens with two attached hydrogens (primary N) is 1. The molecular weight excluding hydrogens is 232 g/mol. The topological polar surface area (TPSA) is 54.2 Å². The second-order valence-corrected chi connectivity index (χ2v) is 4.80. The summed E-state index contributed by atoms with van der Waals surface area (Å²) in [4.78, 5) is 6.58. The standard InChI is InChI=1S/C12H16N4S/c1-16(7-10-5-3-2-4-6-10)8-11-9-17-12(14-11)15-13/h2-6,9H,7-8,13H2,1H3,(H,14,15). The van der Waals surface area contributed by atoms with Gasteiger partial charge in [0.25, 0.3) is 0 Å². The maximum atomic E-state index is 5.30. The van der Waals surface area contributed by atoms with Crippen LogP contribution in [-0.4, -0.2) is 16.9 Å². The Morgan fingerprint density at radius 1 is 1.29 bits per heavy atom. The highest BCUT2D eigenvalue weighted by Crippen LogP contribution is 2.15. The van der Waals surface area contributed by atoms with Crippen molar-refractivity contribution in [2.75, 3.05) is 12.5 Å². The number of benzene rings is 1. The molecule has 5 heteroatoms. The molecule has 3 N–H and O–H groups in total. The Labute approximate surface area is 105 Å². The molecule has 0 atom stereocenters. The molecule has 2 aromatic rings. The molecule has 0 saturated carbocycles. The smallest absolute Gasteiger partial charge is 0.197 e. The van der Waals surface area contributed by atoms with Crippen LogP contribution in [0, 0.1) is 0 Å². The minimum absolute atomic E-state index is 0.758. The number of hydrazine groups is 1. The summed E-state index contributed by atoms with van der Waals surface area (Å²) in [6.45, 7) is 1.75. The fraction of sp³-hybridized carbons (Fsp3) is 0.250. The monoisotopic (exact) mass is 248 g/mol. The molecule has 0 unspecified atom stereocenters. The van der Waals surface area contributed by atoms with E-state index in [-0.39, 0.29) is 0 Å². The van der Waals surface area contributed by atoms with Crippen molar-refractivity contribution in [1.29, 1.82) is 0 Å². The van der Waals surface area contributed by atoms with Gasteiger partial charge in [-0.15, -0.1) is 11.3 Å². The van der Waals surface area contributed by atoms with E-state index in [9.17, 15) is 0 Å². The van der Waals surface area contributed by atoms with Gasteiger partial charge in [0.2, 0.25) is 0 Å². The first-order valence-corrected chi connectivity index (χ1v) is 6.29. The van der Waals surface area contributed by atoms with Gasteiger partial charge in [-0.3, -0.25) is 10.3 Å². The Morgan fingerprint density at radius 3 is 2.71 bits per heavy atom. The highest BCUT2D eigenvalue weighted by atomic mass is 32.1. The van der Waals surface area contributed by atoms with Crippen LogP contribution in [-0.2, 0) is 13.1 Å². The molecule has 0 fully saturated rings. The molecule has 2 rings (SSSR count). The Morgan fingerprint density at radius 2 is 2.06 bits per heavy atom. The summed E-state index contributed by atoms with van der Waals surface area (Å²) in [5, 5.41) is 2.78. The summed E-state index contributed by atoms with van der Waals surface area (Å²) >= 11 is 1.52. The van der Waals surface area contributed by atoms with Gasteiger partial charge in [-0.1, -0.05) is 30.3 Å². The van der Waals surface area contributed by atoms with E-state index in [1.807, 2.05) is 11.4 Å². The van der Waals surface area contributed by atoms with Gasteiger partial charge in [0.1, 0.15) is 0 Å². The van der Waals surface area contributed by atoms with Crippen molar-refractivity contribution < 1.29 is 0 Å². The quantitative estimate of drug-likeness (QED) is 0.628. The number of nitrogen functional groups attached to an aromatic ring is 1. The molecule has 90 valence electrons. The van der Waals surface area contributed by atoms with Gasteiger partial charge in [-0.2, -0.15) is 0 Å². The van der Waals surface area contributed by atoms with Crippen LogP contribution in [0.5, 0.6) is 0 Å². The molecule has 0 spiro atoms. The molecular formula is C12H16N4S. The lowest BCUT2D eigenvalue weighted by molar-refractivity contribution is 0.316. The van der Waals surface area contributed by atoms with Crippen molar-refractivity contribution in [3.63, 3.8) is 0 Å². The summed E-state index contributed by atoms with van der Waals surface area (Å²) in [6, 6.07) is 10.4. The molecule has 4 nitrogen and oxygen atoms in total. The van der Waals surface area contributed by atoms with Gasteiger partial charge in [-0.25, -0.2) is 10.8 Å². The van der Waals surface area contributed by atoms with Crippen molar-refractivity contribution in [1.82, 2.24) is 9.88 Å². The molecule has 17 heavy (non-hydrogen) atoms. The third-order valence-electron chi connectivity index (χ3n) is 2.40. The number of aromatic nitrogens is 1. The fourth-order valence-electron chi connectivity index (χ4n) is 1.67. The van der Waals surface area contributed by atoms with Gasteiger partial charge in [0, 0.05) is 18.5 Å². The van der Waals surface area contributed by atoms with Crippen LogP contribution in [0.25, 0.3) is 0 Å². The number of thiazole rings is 1. The number of hydrogen-bond acceptors (Lipinski definition) is 5. The van der Waals surface area contributed by atoms with E-state index in [1.165, 1.54) is 16.9 Å². The molecule has 0 aliphatic heterocycles. The van der Waals surface area contributed by atoms with Crippen molar-refractivity contribution in [3.8, 4) is 0 Å². The van der Waals surface area contributed by atoms with E-state index >= 15 is 0 Å². The van der Waals surface area contributed by atoms with Crippen molar-refractivity contribution >= 4 is 16.5 Å². The van der Waals surface area contributed by atoms with E-state index in [1.54, 1.807) is 0 Å². The molecule has 0 radical (unpaired) electrons. The van der Waals surface area contributed by atoms with E-state index < -0.39 is 0 Å². The SMILES string of the molecule is CN(Cc1ccccc1)Cc1csc(NN)n1. The number of rotatable bonds is 5. The highest BCUT2D eigenvalue weighted by Gasteiger charge is 2.05. The van der Waals surface area contributed by atoms with Crippen LogP contribution in [0.2, 0.25) is 0 Å². The van der Waals surface area contributed by atoms with E-state index in [0.717, 1.165) is 23.9 Å². The maximum Gasteiger partial charge on any atom is 0.197 e. The largest absolute Gasteiger partial charge is 0.300 e. The molecule has 1 heterocycles. The minimum Gasteiger partial charge on any atom is -0.300 e. The van der Waals surface area contributed by atoms with Gasteiger partial charge < -0.3 is 0 Å². The summed E-state index contributed by atoms with van der Waals surface area (Å²) in [6.07, 6.45) is 0. The van der Waals surface area contributed by atoms with Crippen LogP contribution in [0.1, 0.15) is 11.3 Å². The van der Waals surface area contributed by atoms with Crippen LogP contribution in [0.3, 0.4) is 0 Å². The number of hydrogen-bond donors (Lipinski definition) is 2. The van der Waals surface area contributed by atoms with Crippen LogP contribution in [0.15, 0.2) is 35.7 Å². The van der Waals surface area contributed by atoms with Crippen LogP contribution >= 0.6 is 11.3 Å². The molecule has 0 bridgehead atoms. The average Bonchev–Trinajstić information content (AvgIpc) is 2.78. The maximum absolute atomic E-state index is 5.30. The Balaban J connectivity index is 1.91. The minimum atomic E-state index is 0.758. The molecule has 0 saturated heterocycles. The molecule has 1 aromatic carbocycles. The van der Waals surface area contributed by atoms with Gasteiger partial charge in [0.05, 0.1) is 5.69 Å². The lowest BCUT2D eigenvalue weighted by Crippen LogP contribution is -2.17. The van der Waals surface area contributed by atoms with Crippen molar-refractivity contribution in [2.45, 2.75) is 13.1 Å². The Bertz CT molecular complexity index is 455. The second kappa shape index (κ2) is 5.77. The lowest BCUT2D eigenvalue weighted by atomic mass is 10.2. The molecule has 0 aliphatic carbocycles. The van der Waals surface area contributed by atoms with E-state index in [0.29, 0.717) is 0 Å². The molecule has 0 aliphatic rings. The number of anilines is 1. The van der Waals surface area contributed by atoms with Crippen molar-refractivity contribution in [2.24, 2.45) is 5.84 Å². The first-order valence-electron chi connectivity index (χ1n) is 5.41. The molecule has 0 amide bonds. The van der Waals surface area contributed by atoms with Crippen molar-refractivity contribution in [3.05, 3.63) is 47.0 Å². The predicted molar refractivity (Wildman–Crippen MR) is 71.5 cm³/mol. The summed E-state index contributed by atoms with van der Waals surface area (Å²) in [7, 11) is 2.09. The van der Waals surface area contributed by atoms with Gasteiger partial charge >= 0.3 is 0 Å². The average molecular weight is 248 g/mol. The van der Waals surface area contributed by atoms with Crippen LogP contribution < -0.4 is 11.3 Å². The summed E-state index contributed by atoms with van der Waals surface area (Å²) in [5.41, 5.74) is 4.91. The Hall–Kier alpha value is -1.43. The summed E-state index contributed by atoms with van der Waals surface area (Å²) in [5.74, 6) is 5.30. The summed E-state index contributed by atoms with van der Waals surface area (Å²) < 4.78 is 0. The normalized spacial score (nSPS) is 10.8. The van der Waals surface area contributed by atoms with E-state index in [4.69, 9.17) is 5.84 Å². The third kappa shape index (κ3) is 3.52. The van der Waals surface area contributed by atoms with Gasteiger partial charge in [0.15, 0.2) is 5.13 Å². The fourth-order valence-corrected chi connectivity index (χ4v) is 2.29. The lowest BCUT2D eigenvalue weighted by Gasteiger charge is -2.15. The third-order valence-corrected chi connectivity index (χ3v) is 3.22. The zero-order valence-corrected chi connectivity index (χ0v) is 10.6. The zero-order chi connectivity index (χ0) is 12.1.